The molecule has 3 heteroatoms. The van der Waals surface area contributed by atoms with E-state index in [0.717, 1.165) is 13.1 Å². The molecule has 1 aromatic rings. The minimum absolute atomic E-state index is 0.313. The van der Waals surface area contributed by atoms with Gasteiger partial charge in [-0.3, -0.25) is 4.90 Å². The van der Waals surface area contributed by atoms with Gasteiger partial charge in [-0.1, -0.05) is 30.3 Å². The Morgan fingerprint density at radius 1 is 1.29 bits per heavy atom. The highest BCUT2D eigenvalue weighted by atomic mass is 15.4. The third-order valence-corrected chi connectivity index (χ3v) is 3.83. The van der Waals surface area contributed by atoms with Crippen LogP contribution in [0.1, 0.15) is 19.4 Å². The van der Waals surface area contributed by atoms with Gasteiger partial charge in [-0.05, 0) is 19.4 Å². The quantitative estimate of drug-likeness (QED) is 0.742. The van der Waals surface area contributed by atoms with Crippen LogP contribution in [0.25, 0.3) is 0 Å². The van der Waals surface area contributed by atoms with Crippen molar-refractivity contribution >= 4 is 0 Å². The van der Waals surface area contributed by atoms with E-state index in [1.807, 2.05) is 25.1 Å². The van der Waals surface area contributed by atoms with Crippen molar-refractivity contribution < 1.29 is 0 Å². The van der Waals surface area contributed by atoms with Gasteiger partial charge in [-0.15, -0.1) is 0 Å². The first-order chi connectivity index (χ1) is 8.05. The van der Waals surface area contributed by atoms with Gasteiger partial charge >= 0.3 is 0 Å². The first-order valence-corrected chi connectivity index (χ1v) is 5.67. The summed E-state index contributed by atoms with van der Waals surface area (Å²) in [5, 5.41) is 18.3. The largest absolute Gasteiger partial charge is 0.288 e. The van der Waals surface area contributed by atoms with Gasteiger partial charge in [0.25, 0.3) is 0 Å². The second kappa shape index (κ2) is 3.87. The van der Waals surface area contributed by atoms with Crippen LogP contribution in [0, 0.1) is 28.1 Å². The zero-order chi connectivity index (χ0) is 12.5. The zero-order valence-corrected chi connectivity index (χ0v) is 10.1. The van der Waals surface area contributed by atoms with Crippen molar-refractivity contribution in [3.05, 3.63) is 35.9 Å². The molecule has 0 saturated carbocycles. The van der Waals surface area contributed by atoms with Crippen LogP contribution < -0.4 is 0 Å². The molecule has 1 aromatic carbocycles. The number of nitrogens with zero attached hydrogens (tertiary/aromatic N) is 3. The normalized spacial score (nSPS) is 26.9. The Hall–Kier alpha value is -1.84. The standard InChI is InChI=1S/C14H15N3/c1-13(9-15,10-16)14(2)11-17(14)8-12-6-4-3-5-7-12/h3-7H,8,11H2,1-2H3. The van der Waals surface area contributed by atoms with Crippen LogP contribution in [0.15, 0.2) is 30.3 Å². The van der Waals surface area contributed by atoms with Gasteiger partial charge in [0.1, 0.15) is 0 Å². The smallest absolute Gasteiger partial charge is 0.160 e. The SMILES string of the molecule is CC(C#N)(C#N)C1(C)CN1Cc1ccccc1. The van der Waals surface area contributed by atoms with Crippen molar-refractivity contribution in [1.29, 1.82) is 10.5 Å². The van der Waals surface area contributed by atoms with Crippen LogP contribution in [0.3, 0.4) is 0 Å². The lowest BCUT2D eigenvalue weighted by Crippen LogP contribution is -2.34. The van der Waals surface area contributed by atoms with E-state index in [0.29, 0.717) is 0 Å². The van der Waals surface area contributed by atoms with Crippen LogP contribution in [0.4, 0.5) is 0 Å². The summed E-state index contributed by atoms with van der Waals surface area (Å²) in [7, 11) is 0. The van der Waals surface area contributed by atoms with E-state index < -0.39 is 5.41 Å². The summed E-state index contributed by atoms with van der Waals surface area (Å²) < 4.78 is 0. The highest BCUT2D eigenvalue weighted by Crippen LogP contribution is 2.47. The van der Waals surface area contributed by atoms with Crippen molar-refractivity contribution in [2.24, 2.45) is 5.41 Å². The molecular weight excluding hydrogens is 210 g/mol. The summed E-state index contributed by atoms with van der Waals surface area (Å²) >= 11 is 0. The van der Waals surface area contributed by atoms with E-state index in [-0.39, 0.29) is 5.54 Å². The molecule has 1 aliphatic heterocycles. The summed E-state index contributed by atoms with van der Waals surface area (Å²) in [4.78, 5) is 2.18. The molecule has 1 aliphatic rings. The maximum atomic E-state index is 9.15. The Bertz CT molecular complexity index is 480. The molecule has 0 aromatic heterocycles. The number of nitriles is 2. The molecule has 17 heavy (non-hydrogen) atoms. The fourth-order valence-electron chi connectivity index (χ4n) is 2.11. The summed E-state index contributed by atoms with van der Waals surface area (Å²) in [6.07, 6.45) is 0. The van der Waals surface area contributed by atoms with E-state index in [1.165, 1.54) is 5.56 Å². The summed E-state index contributed by atoms with van der Waals surface area (Å²) in [5.41, 5.74) is -0.0249. The molecule has 0 radical (unpaired) electrons. The molecule has 0 aliphatic carbocycles. The van der Waals surface area contributed by atoms with E-state index in [1.54, 1.807) is 6.92 Å². The fraction of sp³-hybridized carbons (Fsp3) is 0.429. The first kappa shape index (κ1) is 11.6. The molecule has 1 fully saturated rings. The third-order valence-electron chi connectivity index (χ3n) is 3.83. The van der Waals surface area contributed by atoms with E-state index in [9.17, 15) is 0 Å². The van der Waals surface area contributed by atoms with Gasteiger partial charge < -0.3 is 0 Å². The number of benzene rings is 1. The van der Waals surface area contributed by atoms with Gasteiger partial charge in [0, 0.05) is 13.1 Å². The second-order valence-corrected chi connectivity index (χ2v) is 4.96. The summed E-state index contributed by atoms with van der Waals surface area (Å²) in [6, 6.07) is 14.4. The topological polar surface area (TPSA) is 50.6 Å². The Kier molecular flexibility index (Phi) is 2.65. The molecule has 2 unspecified atom stereocenters. The molecule has 0 spiro atoms. The van der Waals surface area contributed by atoms with Crippen LogP contribution >= 0.6 is 0 Å². The van der Waals surface area contributed by atoms with Crippen molar-refractivity contribution in [1.82, 2.24) is 4.90 Å². The third kappa shape index (κ3) is 1.79. The molecule has 0 bridgehead atoms. The number of hydrogen-bond donors (Lipinski definition) is 0. The lowest BCUT2D eigenvalue weighted by molar-refractivity contribution is 0.312. The molecule has 3 nitrogen and oxygen atoms in total. The average Bonchev–Trinajstić information content (AvgIpc) is 3.02. The number of rotatable bonds is 3. The van der Waals surface area contributed by atoms with E-state index >= 15 is 0 Å². The Balaban J connectivity index is 2.11. The predicted molar refractivity (Wildman–Crippen MR) is 64.6 cm³/mol. The molecule has 1 heterocycles. The molecule has 86 valence electrons. The zero-order valence-electron chi connectivity index (χ0n) is 10.1. The van der Waals surface area contributed by atoms with Crippen molar-refractivity contribution in [2.75, 3.05) is 6.54 Å². The maximum Gasteiger partial charge on any atom is 0.160 e. The minimum atomic E-state index is -0.929. The summed E-state index contributed by atoms with van der Waals surface area (Å²) in [6.45, 7) is 5.32. The minimum Gasteiger partial charge on any atom is -0.288 e. The second-order valence-electron chi connectivity index (χ2n) is 4.96. The molecule has 1 saturated heterocycles. The Morgan fingerprint density at radius 3 is 2.41 bits per heavy atom. The number of hydrogen-bond acceptors (Lipinski definition) is 3. The van der Waals surface area contributed by atoms with Crippen molar-refractivity contribution in [3.63, 3.8) is 0 Å². The van der Waals surface area contributed by atoms with Gasteiger partial charge in [-0.2, -0.15) is 10.5 Å². The molecular formula is C14H15N3. The van der Waals surface area contributed by atoms with Crippen LogP contribution in [0.2, 0.25) is 0 Å². The molecule has 0 N–H and O–H groups in total. The fourth-order valence-corrected chi connectivity index (χ4v) is 2.11. The first-order valence-electron chi connectivity index (χ1n) is 5.67. The molecule has 2 rings (SSSR count). The maximum absolute atomic E-state index is 9.15. The Labute approximate surface area is 102 Å². The van der Waals surface area contributed by atoms with Crippen LogP contribution in [-0.2, 0) is 6.54 Å². The van der Waals surface area contributed by atoms with Gasteiger partial charge in [0.2, 0.25) is 0 Å². The molecule has 2 atom stereocenters. The van der Waals surface area contributed by atoms with Crippen molar-refractivity contribution in [3.8, 4) is 12.1 Å². The lowest BCUT2D eigenvalue weighted by Gasteiger charge is -2.22. The highest BCUT2D eigenvalue weighted by Gasteiger charge is 2.60. The lowest BCUT2D eigenvalue weighted by atomic mass is 9.80. The highest BCUT2D eigenvalue weighted by molar-refractivity contribution is 5.30. The van der Waals surface area contributed by atoms with E-state index in [2.05, 4.69) is 29.2 Å². The Morgan fingerprint density at radius 2 is 1.88 bits per heavy atom. The van der Waals surface area contributed by atoms with Crippen LogP contribution in [0.5, 0.6) is 0 Å². The van der Waals surface area contributed by atoms with Crippen molar-refractivity contribution in [2.45, 2.75) is 25.9 Å². The van der Waals surface area contributed by atoms with E-state index in [4.69, 9.17) is 10.5 Å². The van der Waals surface area contributed by atoms with Crippen LogP contribution in [-0.4, -0.2) is 17.0 Å². The summed E-state index contributed by atoms with van der Waals surface area (Å²) in [5.74, 6) is 0. The predicted octanol–water partition coefficient (Wildman–Crippen LogP) is 2.31. The molecule has 0 amide bonds. The monoisotopic (exact) mass is 225 g/mol. The van der Waals surface area contributed by atoms with Gasteiger partial charge in [0.05, 0.1) is 17.7 Å². The van der Waals surface area contributed by atoms with Gasteiger partial charge in [0.15, 0.2) is 5.41 Å². The average molecular weight is 225 g/mol. The van der Waals surface area contributed by atoms with Gasteiger partial charge in [-0.25, -0.2) is 0 Å².